The van der Waals surface area contributed by atoms with Gasteiger partial charge in [-0.25, -0.2) is 4.39 Å². The number of carbonyl (C=O) groups is 2. The molecule has 2 aromatic rings. The van der Waals surface area contributed by atoms with Crippen LogP contribution in [0, 0.1) is 18.7 Å². The lowest BCUT2D eigenvalue weighted by Crippen LogP contribution is -2.28. The van der Waals surface area contributed by atoms with Gasteiger partial charge in [-0.1, -0.05) is 11.6 Å². The number of aryl methyl sites for hydroxylation is 1. The molecule has 130 valence electrons. The second-order valence-electron chi connectivity index (χ2n) is 5.95. The second kappa shape index (κ2) is 7.14. The maximum atomic E-state index is 13.0. The molecule has 2 aromatic carbocycles. The number of hydrogen-bond donors (Lipinski definition) is 1. The monoisotopic (exact) mass is 424 g/mol. The van der Waals surface area contributed by atoms with E-state index in [0.29, 0.717) is 16.4 Å². The molecule has 0 aliphatic carbocycles. The van der Waals surface area contributed by atoms with Gasteiger partial charge in [-0.05, 0) is 64.8 Å². The number of carbonyl (C=O) groups excluding carboxylic acids is 2. The third-order valence-corrected chi connectivity index (χ3v) is 5.36. The fourth-order valence-electron chi connectivity index (χ4n) is 2.77. The minimum Gasteiger partial charge on any atom is -0.325 e. The van der Waals surface area contributed by atoms with E-state index in [0.717, 1.165) is 10.0 Å². The van der Waals surface area contributed by atoms with Crippen LogP contribution in [0.25, 0.3) is 0 Å². The van der Waals surface area contributed by atoms with Crippen LogP contribution < -0.4 is 10.2 Å². The number of anilines is 2. The summed E-state index contributed by atoms with van der Waals surface area (Å²) in [4.78, 5) is 26.3. The molecule has 1 N–H and O–H groups in total. The van der Waals surface area contributed by atoms with Gasteiger partial charge in [-0.3, -0.25) is 9.59 Å². The molecule has 1 atom stereocenters. The predicted octanol–water partition coefficient (Wildman–Crippen LogP) is 4.54. The van der Waals surface area contributed by atoms with Crippen LogP contribution in [0.15, 0.2) is 40.9 Å². The molecule has 0 saturated carbocycles. The highest BCUT2D eigenvalue weighted by molar-refractivity contribution is 9.10. The number of hydrogen-bond acceptors (Lipinski definition) is 2. The van der Waals surface area contributed by atoms with Crippen molar-refractivity contribution in [2.75, 3.05) is 16.8 Å². The number of nitrogens with one attached hydrogen (secondary N) is 1. The van der Waals surface area contributed by atoms with Gasteiger partial charge >= 0.3 is 0 Å². The average Bonchev–Trinajstić information content (AvgIpc) is 2.95. The molecule has 1 aliphatic heterocycles. The Bertz CT molecular complexity index is 842. The van der Waals surface area contributed by atoms with E-state index in [1.54, 1.807) is 6.07 Å². The molecule has 0 aromatic heterocycles. The van der Waals surface area contributed by atoms with Gasteiger partial charge in [0.15, 0.2) is 0 Å². The summed E-state index contributed by atoms with van der Waals surface area (Å²) in [5.74, 6) is -1.23. The first-order valence-corrected chi connectivity index (χ1v) is 8.84. The summed E-state index contributed by atoms with van der Waals surface area (Å²) in [5.41, 5.74) is 2.07. The molecule has 7 heteroatoms. The Morgan fingerprint density at radius 3 is 2.68 bits per heavy atom. The summed E-state index contributed by atoms with van der Waals surface area (Å²) in [5, 5.41) is 3.34. The molecule has 1 saturated heterocycles. The van der Waals surface area contributed by atoms with Crippen molar-refractivity contribution >= 4 is 50.7 Å². The van der Waals surface area contributed by atoms with Crippen molar-refractivity contribution in [1.29, 1.82) is 0 Å². The van der Waals surface area contributed by atoms with Crippen LogP contribution in [0.2, 0.25) is 5.02 Å². The van der Waals surface area contributed by atoms with Crippen molar-refractivity contribution in [3.8, 4) is 0 Å². The van der Waals surface area contributed by atoms with E-state index in [9.17, 15) is 14.0 Å². The molecule has 1 fully saturated rings. The number of benzene rings is 2. The van der Waals surface area contributed by atoms with Crippen LogP contribution in [0.3, 0.4) is 0 Å². The summed E-state index contributed by atoms with van der Waals surface area (Å²) in [6.07, 6.45) is 0.118. The van der Waals surface area contributed by atoms with Crippen molar-refractivity contribution in [1.82, 2.24) is 0 Å². The van der Waals surface area contributed by atoms with Gasteiger partial charge in [0.25, 0.3) is 0 Å². The lowest BCUT2D eigenvalue weighted by Gasteiger charge is -2.17. The first-order chi connectivity index (χ1) is 11.8. The number of amides is 2. The molecule has 0 bridgehead atoms. The first kappa shape index (κ1) is 17.9. The predicted molar refractivity (Wildman–Crippen MR) is 99.4 cm³/mol. The van der Waals surface area contributed by atoms with Gasteiger partial charge in [0, 0.05) is 28.8 Å². The molecule has 3 rings (SSSR count). The van der Waals surface area contributed by atoms with E-state index in [1.807, 2.05) is 13.0 Å². The maximum absolute atomic E-state index is 13.0. The number of rotatable bonds is 3. The quantitative estimate of drug-likeness (QED) is 0.785. The Hall–Kier alpha value is -1.92. The van der Waals surface area contributed by atoms with Crippen LogP contribution in [0.4, 0.5) is 15.8 Å². The number of nitrogens with zero attached hydrogens (tertiary/aromatic N) is 1. The normalized spacial score (nSPS) is 17.0. The topological polar surface area (TPSA) is 49.4 Å². The van der Waals surface area contributed by atoms with Crippen LogP contribution in [0.1, 0.15) is 12.0 Å². The molecule has 0 radical (unpaired) electrons. The lowest BCUT2D eigenvalue weighted by atomic mass is 10.1. The van der Waals surface area contributed by atoms with Crippen molar-refractivity contribution in [3.63, 3.8) is 0 Å². The zero-order valence-corrected chi connectivity index (χ0v) is 15.7. The summed E-state index contributed by atoms with van der Waals surface area (Å²) in [6, 6.07) is 9.15. The lowest BCUT2D eigenvalue weighted by molar-refractivity contribution is -0.122. The fourth-order valence-corrected chi connectivity index (χ4v) is 3.39. The SMILES string of the molecule is Cc1cc(Br)c(Cl)cc1NC(=O)[C@H]1CC(=O)N(c2ccc(F)cc2)C1. The molecule has 2 amide bonds. The zero-order valence-electron chi connectivity index (χ0n) is 13.4. The van der Waals surface area contributed by atoms with Crippen molar-refractivity contribution in [3.05, 3.63) is 57.3 Å². The minimum atomic E-state index is -0.473. The zero-order chi connectivity index (χ0) is 18.1. The molecule has 0 spiro atoms. The Balaban J connectivity index is 1.73. The van der Waals surface area contributed by atoms with Crippen molar-refractivity contribution < 1.29 is 14.0 Å². The molecule has 25 heavy (non-hydrogen) atoms. The average molecular weight is 426 g/mol. The third kappa shape index (κ3) is 3.85. The van der Waals surface area contributed by atoms with Crippen LogP contribution in [0.5, 0.6) is 0 Å². The summed E-state index contributed by atoms with van der Waals surface area (Å²) in [7, 11) is 0. The Labute approximate surface area is 158 Å². The molecule has 1 heterocycles. The molecule has 4 nitrogen and oxygen atoms in total. The van der Waals surface area contributed by atoms with Crippen molar-refractivity contribution in [2.24, 2.45) is 5.92 Å². The third-order valence-electron chi connectivity index (χ3n) is 4.16. The van der Waals surface area contributed by atoms with E-state index >= 15 is 0 Å². The maximum Gasteiger partial charge on any atom is 0.229 e. The van der Waals surface area contributed by atoms with Crippen LogP contribution in [-0.4, -0.2) is 18.4 Å². The fraction of sp³-hybridized carbons (Fsp3) is 0.222. The highest BCUT2D eigenvalue weighted by Gasteiger charge is 2.35. The smallest absolute Gasteiger partial charge is 0.229 e. The van der Waals surface area contributed by atoms with Crippen LogP contribution in [-0.2, 0) is 9.59 Å². The van der Waals surface area contributed by atoms with Crippen molar-refractivity contribution in [2.45, 2.75) is 13.3 Å². The van der Waals surface area contributed by atoms with Crippen LogP contribution >= 0.6 is 27.5 Å². The highest BCUT2D eigenvalue weighted by Crippen LogP contribution is 2.30. The van der Waals surface area contributed by atoms with E-state index in [1.165, 1.54) is 29.2 Å². The Kier molecular flexibility index (Phi) is 5.11. The van der Waals surface area contributed by atoms with Gasteiger partial charge in [0.1, 0.15) is 5.82 Å². The van der Waals surface area contributed by atoms with Gasteiger partial charge in [0.05, 0.1) is 10.9 Å². The Morgan fingerprint density at radius 1 is 1.32 bits per heavy atom. The molecular formula is C18H15BrClFN2O2. The van der Waals surface area contributed by atoms with E-state index in [-0.39, 0.29) is 30.6 Å². The molecule has 0 unspecified atom stereocenters. The van der Waals surface area contributed by atoms with Gasteiger partial charge in [-0.15, -0.1) is 0 Å². The van der Waals surface area contributed by atoms with Gasteiger partial charge in [0.2, 0.25) is 11.8 Å². The first-order valence-electron chi connectivity index (χ1n) is 7.67. The standard InChI is InChI=1S/C18H15BrClFN2O2/c1-10-6-14(19)15(20)8-16(10)22-18(25)11-7-17(24)23(9-11)13-4-2-12(21)3-5-13/h2-6,8,11H,7,9H2,1H3,(H,22,25)/t11-/m0/s1. The summed E-state index contributed by atoms with van der Waals surface area (Å²) >= 11 is 9.41. The van der Waals surface area contributed by atoms with E-state index < -0.39 is 5.92 Å². The minimum absolute atomic E-state index is 0.118. The number of halogens is 3. The van der Waals surface area contributed by atoms with E-state index in [2.05, 4.69) is 21.2 Å². The molecular weight excluding hydrogens is 411 g/mol. The van der Waals surface area contributed by atoms with Gasteiger partial charge in [-0.2, -0.15) is 0 Å². The summed E-state index contributed by atoms with van der Waals surface area (Å²) < 4.78 is 13.8. The second-order valence-corrected chi connectivity index (χ2v) is 7.21. The summed E-state index contributed by atoms with van der Waals surface area (Å²) in [6.45, 7) is 2.13. The Morgan fingerprint density at radius 2 is 2.00 bits per heavy atom. The van der Waals surface area contributed by atoms with Gasteiger partial charge < -0.3 is 10.2 Å². The molecule has 1 aliphatic rings. The highest BCUT2D eigenvalue weighted by atomic mass is 79.9. The van der Waals surface area contributed by atoms with E-state index in [4.69, 9.17) is 11.6 Å². The largest absolute Gasteiger partial charge is 0.325 e.